The van der Waals surface area contributed by atoms with Gasteiger partial charge in [0.1, 0.15) is 0 Å². The van der Waals surface area contributed by atoms with E-state index >= 15 is 0 Å². The van der Waals surface area contributed by atoms with E-state index in [0.717, 1.165) is 17.1 Å². The Balaban J connectivity index is 2.25. The molecule has 1 N–H and O–H groups in total. The zero-order valence-corrected chi connectivity index (χ0v) is 17.7. The molecule has 2 aromatic carbocycles. The van der Waals surface area contributed by atoms with Crippen LogP contribution in [0.15, 0.2) is 47.4 Å². The number of rotatable bonds is 7. The predicted octanol–water partition coefficient (Wildman–Crippen LogP) is 4.74. The topological polar surface area (TPSA) is 66.5 Å². The van der Waals surface area contributed by atoms with Crippen molar-refractivity contribution in [3.8, 4) is 0 Å². The molecular weight excluding hydrogens is 407 g/mol. The van der Waals surface area contributed by atoms with Gasteiger partial charge in [-0.25, -0.2) is 8.42 Å². The summed E-state index contributed by atoms with van der Waals surface area (Å²) in [5, 5.41) is 3.52. The highest BCUT2D eigenvalue weighted by molar-refractivity contribution is 7.92. The van der Waals surface area contributed by atoms with Crippen LogP contribution in [0.4, 0.5) is 5.69 Å². The Morgan fingerprint density at radius 2 is 1.78 bits per heavy atom. The normalized spacial score (nSPS) is 12.5. The van der Waals surface area contributed by atoms with Gasteiger partial charge in [0.2, 0.25) is 0 Å². The van der Waals surface area contributed by atoms with Crippen LogP contribution in [0.1, 0.15) is 37.0 Å². The quantitative estimate of drug-likeness (QED) is 0.692. The van der Waals surface area contributed by atoms with E-state index in [4.69, 9.17) is 23.2 Å². The van der Waals surface area contributed by atoms with Crippen molar-refractivity contribution in [2.24, 2.45) is 0 Å². The third-order valence-electron chi connectivity index (χ3n) is 4.13. The summed E-state index contributed by atoms with van der Waals surface area (Å²) < 4.78 is 26.6. The summed E-state index contributed by atoms with van der Waals surface area (Å²) in [6.07, 6.45) is 1.82. The number of amides is 1. The minimum absolute atomic E-state index is 0.0335. The first-order valence-electron chi connectivity index (χ1n) is 8.51. The lowest BCUT2D eigenvalue weighted by molar-refractivity contribution is 0.0938. The molecule has 0 aliphatic carbocycles. The van der Waals surface area contributed by atoms with E-state index in [9.17, 15) is 13.2 Å². The lowest BCUT2D eigenvalue weighted by Crippen LogP contribution is -2.32. The van der Waals surface area contributed by atoms with E-state index in [-0.39, 0.29) is 21.9 Å². The summed E-state index contributed by atoms with van der Waals surface area (Å²) in [6, 6.07) is 10.5. The first kappa shape index (κ1) is 21.5. The maximum Gasteiger partial charge on any atom is 0.264 e. The first-order chi connectivity index (χ1) is 12.7. The molecule has 2 rings (SSSR count). The summed E-state index contributed by atoms with van der Waals surface area (Å²) in [5.41, 5.74) is 0.661. The predicted molar refractivity (Wildman–Crippen MR) is 110 cm³/mol. The Kier molecular flexibility index (Phi) is 7.14. The molecule has 0 aromatic heterocycles. The van der Waals surface area contributed by atoms with E-state index in [0.29, 0.717) is 16.3 Å². The molecule has 5 nitrogen and oxygen atoms in total. The lowest BCUT2D eigenvalue weighted by atomic mass is 10.1. The number of anilines is 1. The summed E-state index contributed by atoms with van der Waals surface area (Å²) in [6.45, 7) is 3.97. The molecular formula is C19H22Cl2N2O3S. The van der Waals surface area contributed by atoms with Crippen molar-refractivity contribution in [3.05, 3.63) is 58.1 Å². The second kappa shape index (κ2) is 8.95. The highest BCUT2D eigenvalue weighted by atomic mass is 35.5. The van der Waals surface area contributed by atoms with Gasteiger partial charge in [-0.1, -0.05) is 36.5 Å². The monoisotopic (exact) mass is 428 g/mol. The van der Waals surface area contributed by atoms with Crippen molar-refractivity contribution in [2.75, 3.05) is 11.4 Å². The highest BCUT2D eigenvalue weighted by Crippen LogP contribution is 2.27. The van der Waals surface area contributed by atoms with Crippen LogP contribution < -0.4 is 9.62 Å². The number of benzene rings is 2. The summed E-state index contributed by atoms with van der Waals surface area (Å²) in [5.74, 6) is -0.282. The number of carbonyl (C=O) groups excluding carboxylic acids is 1. The molecule has 0 fully saturated rings. The van der Waals surface area contributed by atoms with Crippen LogP contribution in [-0.4, -0.2) is 27.4 Å². The molecule has 27 heavy (non-hydrogen) atoms. The van der Waals surface area contributed by atoms with Gasteiger partial charge in [-0.15, -0.1) is 0 Å². The first-order valence-corrected chi connectivity index (χ1v) is 10.7. The number of halogens is 2. The molecule has 0 saturated heterocycles. The zero-order chi connectivity index (χ0) is 20.2. The zero-order valence-electron chi connectivity index (χ0n) is 15.4. The van der Waals surface area contributed by atoms with Gasteiger partial charge in [0.25, 0.3) is 15.9 Å². The van der Waals surface area contributed by atoms with Crippen LogP contribution in [0.5, 0.6) is 0 Å². The van der Waals surface area contributed by atoms with Crippen LogP contribution in [0, 0.1) is 0 Å². The average molecular weight is 429 g/mol. The molecule has 2 aromatic rings. The standard InChI is InChI=1S/C19H22Cl2N2O3S/c1-4-5-13(2)22-19(24)17-11-8-15(12-18(17)21)23(3)27(25,26)16-9-6-14(20)7-10-16/h6-13H,4-5H2,1-3H3,(H,22,24)/t13-/m0/s1. The summed E-state index contributed by atoms with van der Waals surface area (Å²) in [7, 11) is -2.34. The van der Waals surface area contributed by atoms with Gasteiger partial charge in [0.05, 0.1) is 21.2 Å². The van der Waals surface area contributed by atoms with Gasteiger partial charge >= 0.3 is 0 Å². The summed E-state index contributed by atoms with van der Waals surface area (Å²) in [4.78, 5) is 12.5. The van der Waals surface area contributed by atoms with Gasteiger partial charge in [-0.2, -0.15) is 0 Å². The Morgan fingerprint density at radius 1 is 1.15 bits per heavy atom. The maximum atomic E-state index is 12.8. The average Bonchev–Trinajstić information content (AvgIpc) is 2.61. The van der Waals surface area contributed by atoms with Crippen LogP contribution in [0.2, 0.25) is 10.0 Å². The van der Waals surface area contributed by atoms with Gasteiger partial charge in [0.15, 0.2) is 0 Å². The van der Waals surface area contributed by atoms with Crippen molar-refractivity contribution in [1.82, 2.24) is 5.32 Å². The number of hydrogen-bond donors (Lipinski definition) is 1. The number of sulfonamides is 1. The largest absolute Gasteiger partial charge is 0.350 e. The van der Waals surface area contributed by atoms with Crippen molar-refractivity contribution < 1.29 is 13.2 Å². The highest BCUT2D eigenvalue weighted by Gasteiger charge is 2.22. The number of nitrogens with zero attached hydrogens (tertiary/aromatic N) is 1. The molecule has 0 aliphatic heterocycles. The molecule has 1 atom stereocenters. The van der Waals surface area contributed by atoms with E-state index < -0.39 is 10.0 Å². The number of hydrogen-bond acceptors (Lipinski definition) is 3. The molecule has 0 bridgehead atoms. The van der Waals surface area contributed by atoms with E-state index in [1.165, 1.54) is 43.4 Å². The third kappa shape index (κ3) is 5.15. The van der Waals surface area contributed by atoms with E-state index in [2.05, 4.69) is 5.32 Å². The molecule has 146 valence electrons. The van der Waals surface area contributed by atoms with Crippen molar-refractivity contribution in [1.29, 1.82) is 0 Å². The van der Waals surface area contributed by atoms with Crippen LogP contribution in [-0.2, 0) is 10.0 Å². The molecule has 0 spiro atoms. The van der Waals surface area contributed by atoms with Crippen molar-refractivity contribution >= 4 is 44.8 Å². The molecule has 0 unspecified atom stereocenters. The smallest absolute Gasteiger partial charge is 0.264 e. The van der Waals surface area contributed by atoms with Crippen molar-refractivity contribution in [3.63, 3.8) is 0 Å². The van der Waals surface area contributed by atoms with E-state index in [1.54, 1.807) is 6.07 Å². The SMILES string of the molecule is CCC[C@H](C)NC(=O)c1ccc(N(C)S(=O)(=O)c2ccc(Cl)cc2)cc1Cl. The molecule has 8 heteroatoms. The second-order valence-electron chi connectivity index (χ2n) is 6.25. The summed E-state index contributed by atoms with van der Waals surface area (Å²) >= 11 is 12.1. The van der Waals surface area contributed by atoms with Crippen LogP contribution in [0.3, 0.4) is 0 Å². The second-order valence-corrected chi connectivity index (χ2v) is 9.07. The van der Waals surface area contributed by atoms with Crippen molar-refractivity contribution in [2.45, 2.75) is 37.6 Å². The fourth-order valence-corrected chi connectivity index (χ4v) is 4.17. The van der Waals surface area contributed by atoms with Gasteiger partial charge in [-0.3, -0.25) is 9.10 Å². The molecule has 0 saturated carbocycles. The molecule has 1 amide bonds. The fourth-order valence-electron chi connectivity index (χ4n) is 2.59. The Morgan fingerprint density at radius 3 is 2.33 bits per heavy atom. The maximum absolute atomic E-state index is 12.8. The van der Waals surface area contributed by atoms with Gasteiger partial charge in [-0.05, 0) is 55.8 Å². The number of carbonyl (C=O) groups is 1. The van der Waals surface area contributed by atoms with Gasteiger partial charge < -0.3 is 5.32 Å². The molecule has 0 heterocycles. The van der Waals surface area contributed by atoms with Crippen LogP contribution in [0.25, 0.3) is 0 Å². The van der Waals surface area contributed by atoms with E-state index in [1.807, 2.05) is 13.8 Å². The Hall–Kier alpha value is -1.76. The molecule has 0 radical (unpaired) electrons. The minimum atomic E-state index is -3.77. The lowest BCUT2D eigenvalue weighted by Gasteiger charge is -2.20. The van der Waals surface area contributed by atoms with Gasteiger partial charge in [0, 0.05) is 18.1 Å². The minimum Gasteiger partial charge on any atom is -0.350 e. The number of nitrogens with one attached hydrogen (secondary N) is 1. The molecule has 0 aliphatic rings. The Bertz CT molecular complexity index is 915. The fraction of sp³-hybridized carbons (Fsp3) is 0.316. The Labute approximate surface area is 170 Å². The van der Waals surface area contributed by atoms with Crippen LogP contribution >= 0.6 is 23.2 Å². The third-order valence-corrected chi connectivity index (χ3v) is 6.50.